The van der Waals surface area contributed by atoms with Crippen molar-refractivity contribution in [2.75, 3.05) is 44.2 Å². The summed E-state index contributed by atoms with van der Waals surface area (Å²) < 4.78 is 83.5. The zero-order valence-electron chi connectivity index (χ0n) is 29.6. The van der Waals surface area contributed by atoms with E-state index in [0.717, 1.165) is 32.2 Å². The Kier molecular flexibility index (Phi) is 7.44. The molecule has 1 aliphatic carbocycles. The Morgan fingerprint density at radius 1 is 1.04 bits per heavy atom. The Morgan fingerprint density at radius 2 is 1.81 bits per heavy atom. The third-order valence-corrected chi connectivity index (χ3v) is 12.6. The van der Waals surface area contributed by atoms with Gasteiger partial charge in [-0.1, -0.05) is 12.0 Å². The molecule has 1 unspecified atom stereocenters. The molecule has 5 atom stereocenters. The van der Waals surface area contributed by atoms with Gasteiger partial charge in [-0.05, 0) is 61.4 Å². The summed E-state index contributed by atoms with van der Waals surface area (Å²) in [5, 5.41) is 17.1. The molecule has 0 amide bonds. The van der Waals surface area contributed by atoms with E-state index in [2.05, 4.69) is 25.7 Å². The van der Waals surface area contributed by atoms with Crippen LogP contribution in [0, 0.1) is 29.9 Å². The molecule has 4 saturated heterocycles. The first-order valence-corrected chi connectivity index (χ1v) is 18.6. The largest absolute Gasteiger partial charge is 0.508 e. The third kappa shape index (κ3) is 5.14. The summed E-state index contributed by atoms with van der Waals surface area (Å²) in [5.41, 5.74) is -0.308. The van der Waals surface area contributed by atoms with Crippen LogP contribution >= 0.6 is 0 Å². The number of phenols is 1. The van der Waals surface area contributed by atoms with Gasteiger partial charge in [-0.2, -0.15) is 15.1 Å². The fraction of sp³-hybridized carbons (Fsp3) is 0.475. The molecule has 5 aliphatic rings. The monoisotopic (exact) mass is 743 g/mol. The van der Waals surface area contributed by atoms with Crippen LogP contribution in [0.5, 0.6) is 11.8 Å². The second-order valence-electron chi connectivity index (χ2n) is 16.0. The number of fused-ring (bicyclic) bond motifs is 7. The van der Waals surface area contributed by atoms with E-state index in [4.69, 9.17) is 21.1 Å². The number of ether oxygens (including phenoxy) is 1. The number of hydrogen-bond donors (Lipinski definition) is 1. The van der Waals surface area contributed by atoms with Crippen LogP contribution in [0.1, 0.15) is 44.1 Å². The lowest BCUT2D eigenvalue weighted by Gasteiger charge is -2.42. The second-order valence-corrected chi connectivity index (χ2v) is 16.0. The molecule has 1 N–H and O–H groups in total. The fourth-order valence-corrected chi connectivity index (χ4v) is 10.0. The number of phenolic OH excluding ortho intramolecular Hbond substituents is 1. The highest BCUT2D eigenvalue weighted by molar-refractivity contribution is 6.18. The number of terminal acetylenes is 1. The summed E-state index contributed by atoms with van der Waals surface area (Å²) in [6.45, 7) is 2.53. The number of hydrogen-bond acceptors (Lipinski definition) is 8. The highest BCUT2D eigenvalue weighted by Gasteiger charge is 2.58. The van der Waals surface area contributed by atoms with Gasteiger partial charge in [0.15, 0.2) is 5.82 Å². The Balaban J connectivity index is 1.16. The van der Waals surface area contributed by atoms with E-state index in [1.54, 1.807) is 17.9 Å². The summed E-state index contributed by atoms with van der Waals surface area (Å²) in [6, 6.07) is 5.41. The number of piperazine rings is 1. The molecule has 0 spiro atoms. The van der Waals surface area contributed by atoms with E-state index in [1.165, 1.54) is 24.3 Å². The molecule has 14 heteroatoms. The van der Waals surface area contributed by atoms with Crippen LogP contribution < -0.4 is 9.64 Å². The molecule has 10 rings (SSSR count). The van der Waals surface area contributed by atoms with Gasteiger partial charge >= 0.3 is 6.01 Å². The zero-order chi connectivity index (χ0) is 37.3. The number of alkyl halides is 3. The van der Waals surface area contributed by atoms with E-state index in [-0.39, 0.29) is 70.0 Å². The Labute approximate surface area is 307 Å². The molecule has 4 aliphatic heterocycles. The Morgan fingerprint density at radius 3 is 2.56 bits per heavy atom. The summed E-state index contributed by atoms with van der Waals surface area (Å²) in [4.78, 5) is 16.1. The second kappa shape index (κ2) is 11.9. The van der Waals surface area contributed by atoms with Crippen LogP contribution in [0.3, 0.4) is 0 Å². The number of nitrogens with zero attached hydrogens (tertiary/aromatic N) is 7. The third-order valence-electron chi connectivity index (χ3n) is 12.6. The average Bonchev–Trinajstić information content (AvgIpc) is 3.50. The summed E-state index contributed by atoms with van der Waals surface area (Å²) >= 11 is 0. The first-order chi connectivity index (χ1) is 25.9. The van der Waals surface area contributed by atoms with Crippen molar-refractivity contribution >= 4 is 38.4 Å². The van der Waals surface area contributed by atoms with Crippen LogP contribution in [0.25, 0.3) is 43.7 Å². The van der Waals surface area contributed by atoms with Gasteiger partial charge in [-0.3, -0.25) is 14.5 Å². The molecule has 0 radical (unpaired) electrons. The van der Waals surface area contributed by atoms with Crippen molar-refractivity contribution < 1.29 is 31.8 Å². The lowest BCUT2D eigenvalue weighted by atomic mass is 9.91. The molecule has 5 fully saturated rings. The topological polar surface area (TPSA) is 82.8 Å². The van der Waals surface area contributed by atoms with Crippen LogP contribution in [0.4, 0.5) is 27.8 Å². The predicted molar refractivity (Wildman–Crippen MR) is 194 cm³/mol. The number of benzene rings is 3. The predicted octanol–water partition coefficient (Wildman–Crippen LogP) is 6.57. The maximum Gasteiger partial charge on any atom is 0.319 e. The minimum absolute atomic E-state index is 0.00435. The van der Waals surface area contributed by atoms with Gasteiger partial charge in [0, 0.05) is 86.6 Å². The number of halogens is 5. The lowest BCUT2D eigenvalue weighted by molar-refractivity contribution is 0.0750. The highest BCUT2D eigenvalue weighted by atomic mass is 19.3. The first-order valence-electron chi connectivity index (χ1n) is 18.6. The molecule has 3 aromatic carbocycles. The summed E-state index contributed by atoms with van der Waals surface area (Å²) in [6.07, 6.45) is 10.2. The highest BCUT2D eigenvalue weighted by Crippen LogP contribution is 2.51. The van der Waals surface area contributed by atoms with Gasteiger partial charge in [0.1, 0.15) is 41.2 Å². The van der Waals surface area contributed by atoms with E-state index in [0.29, 0.717) is 54.6 Å². The van der Waals surface area contributed by atoms with Crippen LogP contribution in [0.15, 0.2) is 30.5 Å². The number of aromatic nitrogens is 4. The minimum Gasteiger partial charge on any atom is -0.508 e. The minimum atomic E-state index is -2.61. The molecule has 6 heterocycles. The van der Waals surface area contributed by atoms with Crippen molar-refractivity contribution in [1.82, 2.24) is 29.5 Å². The molecule has 5 aromatic rings. The summed E-state index contributed by atoms with van der Waals surface area (Å²) in [7, 11) is 1.71. The SMILES string of the molecule is C#Cc1c(F)ccc2cc(O)cc(-c3c(F)c4nc(OC[C@@]56CCCN5C[C@H](F)C6)nc(N5C[C@H]6CC[C@@H](C5)N6CC5CC5(F)F)c4c4cn(C)nc34)c12. The van der Waals surface area contributed by atoms with Crippen molar-refractivity contribution in [3.63, 3.8) is 0 Å². The van der Waals surface area contributed by atoms with Gasteiger partial charge in [0.25, 0.3) is 5.92 Å². The van der Waals surface area contributed by atoms with Crippen LogP contribution in [-0.4, -0.2) is 104 Å². The Hall–Kier alpha value is -4.74. The molecule has 2 bridgehead atoms. The Bertz CT molecular complexity index is 2420. The maximum atomic E-state index is 17.7. The van der Waals surface area contributed by atoms with Crippen LogP contribution in [0.2, 0.25) is 0 Å². The molecule has 2 aromatic heterocycles. The van der Waals surface area contributed by atoms with E-state index in [9.17, 15) is 18.3 Å². The van der Waals surface area contributed by atoms with Gasteiger partial charge in [0.05, 0.1) is 16.5 Å². The van der Waals surface area contributed by atoms with Crippen molar-refractivity contribution in [3.8, 4) is 35.2 Å². The fourth-order valence-electron chi connectivity index (χ4n) is 10.0. The van der Waals surface area contributed by atoms with E-state index in [1.807, 2.05) is 0 Å². The van der Waals surface area contributed by atoms with Gasteiger partial charge in [0.2, 0.25) is 0 Å². The zero-order valence-corrected chi connectivity index (χ0v) is 29.6. The van der Waals surface area contributed by atoms with E-state index >= 15 is 8.78 Å². The van der Waals surface area contributed by atoms with Crippen molar-refractivity contribution in [2.45, 2.75) is 68.2 Å². The number of anilines is 1. The van der Waals surface area contributed by atoms with Crippen molar-refractivity contribution in [3.05, 3.63) is 47.7 Å². The van der Waals surface area contributed by atoms with Crippen molar-refractivity contribution in [1.29, 1.82) is 0 Å². The van der Waals surface area contributed by atoms with Crippen molar-refractivity contribution in [2.24, 2.45) is 13.0 Å². The quantitative estimate of drug-likeness (QED) is 0.148. The molecule has 280 valence electrons. The molecule has 9 nitrogen and oxygen atoms in total. The molecular weight excluding hydrogens is 705 g/mol. The smallest absolute Gasteiger partial charge is 0.319 e. The lowest BCUT2D eigenvalue weighted by Crippen LogP contribution is -2.54. The molecule has 1 saturated carbocycles. The average molecular weight is 744 g/mol. The molecular formula is C40H38F5N7O2. The maximum absolute atomic E-state index is 17.7. The number of aryl methyl sites for hydroxylation is 1. The number of rotatable bonds is 7. The molecule has 54 heavy (non-hydrogen) atoms. The van der Waals surface area contributed by atoms with Crippen LogP contribution in [-0.2, 0) is 7.05 Å². The van der Waals surface area contributed by atoms with E-state index < -0.39 is 35.2 Å². The van der Waals surface area contributed by atoms with Gasteiger partial charge in [-0.15, -0.1) is 6.42 Å². The first kappa shape index (κ1) is 33.8. The van der Waals surface area contributed by atoms with Gasteiger partial charge < -0.3 is 14.7 Å². The standard InChI is InChI=1S/C40H38F5N7O2/c1-3-27-30(42)8-5-21-11-26(53)12-28(31(21)27)32-34(43)36-33(29-19-49(2)48-35(29)32)37(47-38(46-36)54-20-39-9-4-10-51(39)16-23(41)14-39)50-17-24-6-7-25(18-50)52(24)15-22-13-40(22,44)45/h1,5,8,11-12,19,22-25,53H,4,6-7,9-10,13-18,20H2,2H3/t22?,23-,24-,25+,39+/m1/s1. The van der Waals surface area contributed by atoms with Gasteiger partial charge in [-0.25, -0.2) is 22.0 Å². The normalized spacial score (nSPS) is 27.7. The number of aromatic hydroxyl groups is 1. The summed E-state index contributed by atoms with van der Waals surface area (Å²) in [5.74, 6) is -2.05.